The Hall–Kier alpha value is -8.79. The molecule has 320 valence electrons. The monoisotopic (exact) mass is 867 g/mol. The minimum absolute atomic E-state index is 0.0545. The van der Waals surface area contributed by atoms with E-state index >= 15 is 0 Å². The van der Waals surface area contributed by atoms with Gasteiger partial charge in [0.15, 0.2) is 0 Å². The molecule has 0 bridgehead atoms. The second kappa shape index (κ2) is 16.3. The van der Waals surface area contributed by atoms with Crippen LogP contribution in [0.1, 0.15) is 45.0 Å². The molecule has 0 saturated carbocycles. The van der Waals surface area contributed by atoms with Crippen LogP contribution in [0.5, 0.6) is 0 Å². The standard InChI is InChI=1S/C65H45N3/c1-4-19-44(20-5-1)45-35-37-47(38-36-45)64-66-60(46-21-6-2-7-22-46)43-61(67-64)50-24-18-23-48(41-50)52-27-10-11-28-53(52)49-39-40-55-54-29-12-13-30-56(54)65(59(55)42-49)57-31-14-16-33-62(57)68(51-25-8-3-9-26-51)63-34-17-15-32-58(63)65/h1-43,60H,(H,66,67). The molecule has 10 aromatic carbocycles. The highest BCUT2D eigenvalue weighted by Gasteiger charge is 2.51. The number of hydrogen-bond acceptors (Lipinski definition) is 3. The smallest absolute Gasteiger partial charge is 0.134 e. The van der Waals surface area contributed by atoms with Crippen molar-refractivity contribution in [1.29, 1.82) is 0 Å². The largest absolute Gasteiger partial charge is 0.359 e. The van der Waals surface area contributed by atoms with E-state index in [-0.39, 0.29) is 6.04 Å². The molecule has 1 spiro atoms. The molecule has 1 unspecified atom stereocenters. The van der Waals surface area contributed by atoms with Crippen LogP contribution in [-0.4, -0.2) is 5.84 Å². The number of amidine groups is 1. The second-order valence-electron chi connectivity index (χ2n) is 17.9. The maximum atomic E-state index is 5.35. The van der Waals surface area contributed by atoms with Gasteiger partial charge in [0, 0.05) is 16.8 Å². The van der Waals surface area contributed by atoms with Crippen LogP contribution < -0.4 is 10.2 Å². The number of benzene rings is 10. The molecule has 3 nitrogen and oxygen atoms in total. The first-order valence-electron chi connectivity index (χ1n) is 23.5. The highest BCUT2D eigenvalue weighted by atomic mass is 15.2. The van der Waals surface area contributed by atoms with Gasteiger partial charge in [0.1, 0.15) is 5.84 Å². The van der Waals surface area contributed by atoms with Crippen molar-refractivity contribution in [2.75, 3.05) is 4.90 Å². The van der Waals surface area contributed by atoms with Gasteiger partial charge < -0.3 is 10.2 Å². The molecule has 2 heterocycles. The molecule has 0 aromatic heterocycles. The van der Waals surface area contributed by atoms with Gasteiger partial charge in [0.05, 0.1) is 28.5 Å². The third kappa shape index (κ3) is 6.39. The summed E-state index contributed by atoms with van der Waals surface area (Å²) in [5.41, 5.74) is 22.0. The quantitative estimate of drug-likeness (QED) is 0.173. The number of nitrogens with zero attached hydrogens (tertiary/aromatic N) is 2. The highest BCUT2D eigenvalue weighted by molar-refractivity contribution is 6.04. The Morgan fingerprint density at radius 3 is 1.53 bits per heavy atom. The van der Waals surface area contributed by atoms with Gasteiger partial charge in [-0.05, 0) is 115 Å². The zero-order valence-electron chi connectivity index (χ0n) is 37.3. The summed E-state index contributed by atoms with van der Waals surface area (Å²) in [5, 5.41) is 3.77. The molecule has 1 aliphatic carbocycles. The molecule has 3 heteroatoms. The molecule has 13 rings (SSSR count). The fraction of sp³-hybridized carbons (Fsp3) is 0.0308. The normalized spacial score (nSPS) is 15.0. The van der Waals surface area contributed by atoms with Gasteiger partial charge >= 0.3 is 0 Å². The summed E-state index contributed by atoms with van der Waals surface area (Å²) < 4.78 is 0. The predicted molar refractivity (Wildman–Crippen MR) is 282 cm³/mol. The lowest BCUT2D eigenvalue weighted by Gasteiger charge is -2.45. The van der Waals surface area contributed by atoms with Gasteiger partial charge in [-0.2, -0.15) is 0 Å². The molecule has 2 aliphatic heterocycles. The maximum absolute atomic E-state index is 5.35. The lowest BCUT2D eigenvalue weighted by atomic mass is 9.64. The Morgan fingerprint density at radius 1 is 0.353 bits per heavy atom. The van der Waals surface area contributed by atoms with Crippen molar-refractivity contribution in [1.82, 2.24) is 5.32 Å². The van der Waals surface area contributed by atoms with Crippen molar-refractivity contribution >= 4 is 28.6 Å². The summed E-state index contributed by atoms with van der Waals surface area (Å²) >= 11 is 0. The van der Waals surface area contributed by atoms with E-state index in [1.54, 1.807) is 0 Å². The van der Waals surface area contributed by atoms with E-state index in [1.807, 2.05) is 0 Å². The van der Waals surface area contributed by atoms with Crippen molar-refractivity contribution in [2.45, 2.75) is 11.5 Å². The first kappa shape index (κ1) is 39.6. The molecular formula is C65H45N3. The van der Waals surface area contributed by atoms with Crippen LogP contribution in [-0.2, 0) is 5.41 Å². The number of rotatable bonds is 7. The van der Waals surface area contributed by atoms with Crippen LogP contribution in [0.2, 0.25) is 0 Å². The lowest BCUT2D eigenvalue weighted by molar-refractivity contribution is 0.753. The van der Waals surface area contributed by atoms with E-state index in [0.717, 1.165) is 33.9 Å². The fourth-order valence-corrected chi connectivity index (χ4v) is 11.1. The van der Waals surface area contributed by atoms with Gasteiger partial charge in [-0.3, -0.25) is 0 Å². The van der Waals surface area contributed by atoms with E-state index in [2.05, 4.69) is 271 Å². The summed E-state index contributed by atoms with van der Waals surface area (Å²) in [6.45, 7) is 0. The van der Waals surface area contributed by atoms with Crippen molar-refractivity contribution < 1.29 is 0 Å². The van der Waals surface area contributed by atoms with E-state index in [1.165, 1.54) is 78.1 Å². The number of para-hydroxylation sites is 3. The van der Waals surface area contributed by atoms with Crippen LogP contribution in [0.25, 0.3) is 50.2 Å². The predicted octanol–water partition coefficient (Wildman–Crippen LogP) is 16.0. The van der Waals surface area contributed by atoms with Gasteiger partial charge in [0.2, 0.25) is 0 Å². The van der Waals surface area contributed by atoms with E-state index in [9.17, 15) is 0 Å². The topological polar surface area (TPSA) is 27.6 Å². The van der Waals surface area contributed by atoms with Crippen LogP contribution in [0, 0.1) is 0 Å². The third-order valence-corrected chi connectivity index (χ3v) is 14.1. The average molecular weight is 868 g/mol. The number of nitrogens with one attached hydrogen (secondary N) is 1. The van der Waals surface area contributed by atoms with Gasteiger partial charge in [-0.1, -0.05) is 218 Å². The summed E-state index contributed by atoms with van der Waals surface area (Å²) in [6, 6.07) is 92.7. The summed E-state index contributed by atoms with van der Waals surface area (Å²) in [5.74, 6) is 0.854. The van der Waals surface area contributed by atoms with Gasteiger partial charge in [0.25, 0.3) is 0 Å². The van der Waals surface area contributed by atoms with Crippen LogP contribution in [0.15, 0.2) is 266 Å². The Morgan fingerprint density at radius 2 is 0.838 bits per heavy atom. The molecule has 0 saturated heterocycles. The summed E-state index contributed by atoms with van der Waals surface area (Å²) in [4.78, 5) is 7.79. The number of fused-ring (bicyclic) bond motifs is 9. The van der Waals surface area contributed by atoms with E-state index in [0.29, 0.717) is 0 Å². The molecule has 0 radical (unpaired) electrons. The first-order chi connectivity index (χ1) is 33.7. The second-order valence-corrected chi connectivity index (χ2v) is 17.9. The van der Waals surface area contributed by atoms with Crippen molar-refractivity contribution in [2.24, 2.45) is 4.99 Å². The van der Waals surface area contributed by atoms with Crippen LogP contribution in [0.4, 0.5) is 17.1 Å². The van der Waals surface area contributed by atoms with E-state index < -0.39 is 5.41 Å². The average Bonchev–Trinajstić information content (AvgIpc) is 3.71. The Balaban J connectivity index is 0.934. The molecule has 68 heavy (non-hydrogen) atoms. The number of anilines is 3. The van der Waals surface area contributed by atoms with Crippen molar-refractivity contribution in [3.05, 3.63) is 300 Å². The first-order valence-corrected chi connectivity index (χ1v) is 23.5. The number of aliphatic imine (C=N–C) groups is 1. The Labute approximate surface area is 397 Å². The van der Waals surface area contributed by atoms with Crippen LogP contribution >= 0.6 is 0 Å². The minimum atomic E-state index is -0.538. The molecule has 0 amide bonds. The Bertz CT molecular complexity index is 3540. The minimum Gasteiger partial charge on any atom is -0.359 e. The van der Waals surface area contributed by atoms with Crippen molar-refractivity contribution in [3.63, 3.8) is 0 Å². The molecule has 10 aromatic rings. The molecule has 1 atom stereocenters. The fourth-order valence-electron chi connectivity index (χ4n) is 11.1. The Kier molecular flexibility index (Phi) is 9.47. The molecule has 1 N–H and O–H groups in total. The molecule has 3 aliphatic rings. The van der Waals surface area contributed by atoms with Gasteiger partial charge in [-0.15, -0.1) is 0 Å². The lowest BCUT2D eigenvalue weighted by Crippen LogP contribution is -2.36. The third-order valence-electron chi connectivity index (χ3n) is 14.1. The van der Waals surface area contributed by atoms with Crippen molar-refractivity contribution in [3.8, 4) is 44.5 Å². The summed E-state index contributed by atoms with van der Waals surface area (Å²) in [6.07, 6.45) is 2.26. The zero-order chi connectivity index (χ0) is 45.0. The highest BCUT2D eigenvalue weighted by Crippen LogP contribution is 2.63. The van der Waals surface area contributed by atoms with E-state index in [4.69, 9.17) is 4.99 Å². The number of hydrogen-bond donors (Lipinski definition) is 1. The van der Waals surface area contributed by atoms with Crippen LogP contribution in [0.3, 0.4) is 0 Å². The SMILES string of the molecule is C1=C(c2cccc(-c3ccccc3-c3ccc4c(c3)C3(c5ccccc5-4)c4ccccc4N(c4ccccc4)c4ccccc43)c2)N=C(c2ccc(-c3ccccc3)cc2)NC1c1ccccc1. The maximum Gasteiger partial charge on any atom is 0.134 e. The van der Waals surface area contributed by atoms with Gasteiger partial charge in [-0.25, -0.2) is 4.99 Å². The summed E-state index contributed by atoms with van der Waals surface area (Å²) in [7, 11) is 0. The molecule has 0 fully saturated rings. The zero-order valence-corrected chi connectivity index (χ0v) is 37.3. The molecular weight excluding hydrogens is 823 g/mol.